The molecule has 0 aromatic carbocycles. The molecule has 0 fully saturated rings. The molecule has 0 bridgehead atoms. The van der Waals surface area contributed by atoms with E-state index < -0.39 is 0 Å². The lowest BCUT2D eigenvalue weighted by atomic mass is 10.3. The first kappa shape index (κ1) is 11.3. The van der Waals surface area contributed by atoms with E-state index in [1.54, 1.807) is 6.92 Å². The summed E-state index contributed by atoms with van der Waals surface area (Å²) in [7, 11) is 0. The van der Waals surface area contributed by atoms with Crippen molar-refractivity contribution in [2.24, 2.45) is 0 Å². The average molecular weight is 233 g/mol. The predicted molar refractivity (Wildman–Crippen MR) is 57.9 cm³/mol. The summed E-state index contributed by atoms with van der Waals surface area (Å²) in [6.07, 6.45) is 0. The third-order valence-electron chi connectivity index (χ3n) is 1.76. The van der Waals surface area contributed by atoms with Crippen LogP contribution >= 0.6 is 23.2 Å². The van der Waals surface area contributed by atoms with Crippen molar-refractivity contribution >= 4 is 23.2 Å². The van der Waals surface area contributed by atoms with Gasteiger partial charge in [0.15, 0.2) is 0 Å². The van der Waals surface area contributed by atoms with Crippen molar-refractivity contribution in [3.63, 3.8) is 0 Å². The van der Waals surface area contributed by atoms with Crippen molar-refractivity contribution in [1.82, 2.24) is 9.55 Å². The number of hydrogen-bond donors (Lipinski definition) is 0. The highest BCUT2D eigenvalue weighted by Crippen LogP contribution is 2.04. The largest absolute Gasteiger partial charge is 0.293 e. The van der Waals surface area contributed by atoms with E-state index in [9.17, 15) is 4.79 Å². The SMILES string of the molecule is CC(=CCl)Cn1c(C)nc(Cl)cc1=O. The number of aromatic nitrogens is 2. The fourth-order valence-corrected chi connectivity index (χ4v) is 1.35. The molecule has 0 aliphatic carbocycles. The first-order valence-corrected chi connectivity index (χ1v) is 4.86. The lowest BCUT2D eigenvalue weighted by molar-refractivity contribution is 0.692. The van der Waals surface area contributed by atoms with Gasteiger partial charge in [0.05, 0.1) is 0 Å². The summed E-state index contributed by atoms with van der Waals surface area (Å²) in [6, 6.07) is 1.29. The van der Waals surface area contributed by atoms with Crippen molar-refractivity contribution in [2.75, 3.05) is 0 Å². The second-order valence-electron chi connectivity index (χ2n) is 3.01. The third-order valence-corrected chi connectivity index (χ3v) is 2.33. The topological polar surface area (TPSA) is 34.9 Å². The molecule has 76 valence electrons. The van der Waals surface area contributed by atoms with E-state index in [1.165, 1.54) is 16.2 Å². The van der Waals surface area contributed by atoms with Gasteiger partial charge in [-0.2, -0.15) is 0 Å². The predicted octanol–water partition coefficient (Wildman–Crippen LogP) is 2.35. The van der Waals surface area contributed by atoms with Crippen LogP contribution in [0, 0.1) is 6.92 Å². The lowest BCUT2D eigenvalue weighted by Gasteiger charge is -2.08. The van der Waals surface area contributed by atoms with Gasteiger partial charge in [-0.1, -0.05) is 23.2 Å². The van der Waals surface area contributed by atoms with E-state index in [0.29, 0.717) is 12.4 Å². The van der Waals surface area contributed by atoms with Gasteiger partial charge in [0.1, 0.15) is 11.0 Å². The number of nitrogens with zero attached hydrogens (tertiary/aromatic N) is 2. The van der Waals surface area contributed by atoms with Crippen LogP contribution in [0.25, 0.3) is 0 Å². The summed E-state index contributed by atoms with van der Waals surface area (Å²) < 4.78 is 1.51. The molecule has 3 nitrogen and oxygen atoms in total. The summed E-state index contributed by atoms with van der Waals surface area (Å²) in [5.41, 5.74) is 2.17. The Morgan fingerprint density at radius 3 is 2.86 bits per heavy atom. The summed E-state index contributed by atoms with van der Waals surface area (Å²) >= 11 is 11.1. The van der Waals surface area contributed by atoms with Gasteiger partial charge in [-0.25, -0.2) is 4.98 Å². The van der Waals surface area contributed by atoms with E-state index in [1.807, 2.05) is 6.92 Å². The molecule has 0 aliphatic rings. The fraction of sp³-hybridized carbons (Fsp3) is 0.333. The summed E-state index contributed by atoms with van der Waals surface area (Å²) in [5, 5.41) is 0.219. The molecule has 5 heteroatoms. The monoisotopic (exact) mass is 232 g/mol. The molecule has 0 amide bonds. The zero-order valence-electron chi connectivity index (χ0n) is 7.92. The van der Waals surface area contributed by atoms with Gasteiger partial charge in [-0.15, -0.1) is 0 Å². The minimum atomic E-state index is -0.166. The molecule has 1 aromatic heterocycles. The molecule has 14 heavy (non-hydrogen) atoms. The standard InChI is InChI=1S/C9H10Cl2N2O/c1-6(4-10)5-13-7(2)12-8(11)3-9(13)14/h3-4H,5H2,1-2H3. The first-order valence-electron chi connectivity index (χ1n) is 4.04. The Hall–Kier alpha value is -0.800. The number of aryl methyl sites for hydroxylation is 1. The third kappa shape index (κ3) is 2.59. The molecule has 1 aromatic rings. The van der Waals surface area contributed by atoms with Gasteiger partial charge in [0, 0.05) is 18.1 Å². The van der Waals surface area contributed by atoms with Gasteiger partial charge in [0.2, 0.25) is 0 Å². The minimum Gasteiger partial charge on any atom is -0.293 e. The molecule has 1 rings (SSSR count). The maximum atomic E-state index is 11.5. The average Bonchev–Trinajstić information content (AvgIpc) is 2.10. The smallest absolute Gasteiger partial charge is 0.255 e. The second kappa shape index (κ2) is 4.62. The first-order chi connectivity index (χ1) is 6.54. The molecule has 0 saturated heterocycles. The van der Waals surface area contributed by atoms with Crippen molar-refractivity contribution in [3.8, 4) is 0 Å². The molecule has 1 heterocycles. The van der Waals surface area contributed by atoms with Crippen molar-refractivity contribution in [2.45, 2.75) is 20.4 Å². The molecule has 0 saturated carbocycles. The Kier molecular flexibility index (Phi) is 3.72. The maximum Gasteiger partial charge on any atom is 0.255 e. The van der Waals surface area contributed by atoms with E-state index >= 15 is 0 Å². The fourth-order valence-electron chi connectivity index (χ4n) is 1.06. The van der Waals surface area contributed by atoms with E-state index in [4.69, 9.17) is 23.2 Å². The van der Waals surface area contributed by atoms with Crippen LogP contribution in [0.1, 0.15) is 12.7 Å². The molecule has 0 atom stereocenters. The Morgan fingerprint density at radius 2 is 2.36 bits per heavy atom. The van der Waals surface area contributed by atoms with E-state index in [2.05, 4.69) is 4.98 Å². The normalized spacial score (nSPS) is 11.9. The zero-order chi connectivity index (χ0) is 10.7. The summed E-state index contributed by atoms with van der Waals surface area (Å²) in [5.74, 6) is 0.584. The summed E-state index contributed by atoms with van der Waals surface area (Å²) in [6.45, 7) is 4.01. The van der Waals surface area contributed by atoms with Crippen molar-refractivity contribution in [3.05, 3.63) is 38.5 Å². The van der Waals surface area contributed by atoms with Crippen LogP contribution < -0.4 is 5.56 Å². The highest BCUT2D eigenvalue weighted by atomic mass is 35.5. The quantitative estimate of drug-likeness (QED) is 0.735. The lowest BCUT2D eigenvalue weighted by Crippen LogP contribution is -2.23. The molecule has 0 spiro atoms. The Labute approximate surface area is 92.0 Å². The van der Waals surface area contributed by atoms with Crippen LogP contribution in [0.4, 0.5) is 0 Å². The Bertz CT molecular complexity index is 423. The van der Waals surface area contributed by atoms with E-state index in [0.717, 1.165) is 5.57 Å². The van der Waals surface area contributed by atoms with Crippen LogP contribution in [0.15, 0.2) is 22.0 Å². The minimum absolute atomic E-state index is 0.166. The van der Waals surface area contributed by atoms with Crippen molar-refractivity contribution < 1.29 is 0 Å². The van der Waals surface area contributed by atoms with Crippen LogP contribution in [0.3, 0.4) is 0 Å². The summed E-state index contributed by atoms with van der Waals surface area (Å²) in [4.78, 5) is 15.5. The van der Waals surface area contributed by atoms with Crippen LogP contribution in [-0.4, -0.2) is 9.55 Å². The van der Waals surface area contributed by atoms with Gasteiger partial charge < -0.3 is 0 Å². The second-order valence-corrected chi connectivity index (χ2v) is 3.61. The molecule has 0 aliphatic heterocycles. The molecular weight excluding hydrogens is 223 g/mol. The Balaban J connectivity index is 3.16. The van der Waals surface area contributed by atoms with Crippen molar-refractivity contribution in [1.29, 1.82) is 0 Å². The van der Waals surface area contributed by atoms with Gasteiger partial charge >= 0.3 is 0 Å². The highest BCUT2D eigenvalue weighted by Gasteiger charge is 2.03. The Morgan fingerprint density at radius 1 is 1.71 bits per heavy atom. The van der Waals surface area contributed by atoms with Crippen LogP contribution in [0.2, 0.25) is 5.15 Å². The molecular formula is C9H10Cl2N2O. The molecule has 0 radical (unpaired) electrons. The number of halogens is 2. The number of hydrogen-bond acceptors (Lipinski definition) is 2. The molecule has 0 unspecified atom stereocenters. The van der Waals surface area contributed by atoms with Gasteiger partial charge in [0.25, 0.3) is 5.56 Å². The van der Waals surface area contributed by atoms with Crippen LogP contribution in [0.5, 0.6) is 0 Å². The van der Waals surface area contributed by atoms with Gasteiger partial charge in [-0.3, -0.25) is 9.36 Å². The van der Waals surface area contributed by atoms with E-state index in [-0.39, 0.29) is 10.7 Å². The number of allylic oxidation sites excluding steroid dienone is 1. The molecule has 0 N–H and O–H groups in total. The maximum absolute atomic E-state index is 11.5. The zero-order valence-corrected chi connectivity index (χ0v) is 9.43. The highest BCUT2D eigenvalue weighted by molar-refractivity contribution is 6.29. The van der Waals surface area contributed by atoms with Crippen LogP contribution in [-0.2, 0) is 6.54 Å². The van der Waals surface area contributed by atoms with Gasteiger partial charge in [-0.05, 0) is 19.4 Å². The number of rotatable bonds is 2.